The minimum atomic E-state index is -3.99. The van der Waals surface area contributed by atoms with Gasteiger partial charge in [0.2, 0.25) is 21.8 Å². The van der Waals surface area contributed by atoms with Gasteiger partial charge < -0.3 is 10.2 Å². The first kappa shape index (κ1) is 27.1. The van der Waals surface area contributed by atoms with Crippen molar-refractivity contribution >= 4 is 44.8 Å². The van der Waals surface area contributed by atoms with Crippen LogP contribution in [0.2, 0.25) is 5.02 Å². The average molecular weight is 511 g/mol. The first-order chi connectivity index (χ1) is 16.0. The fraction of sp³-hybridized carbons (Fsp3) is 0.364. The molecule has 0 aliphatic heterocycles. The molecule has 1 N–H and O–H groups in total. The molecule has 10 nitrogen and oxygen atoms in total. The van der Waals surface area contributed by atoms with E-state index in [1.54, 1.807) is 38.1 Å². The van der Waals surface area contributed by atoms with Gasteiger partial charge in [0.1, 0.15) is 12.6 Å². The maximum Gasteiger partial charge on any atom is 0.271 e. The van der Waals surface area contributed by atoms with Crippen LogP contribution >= 0.6 is 11.6 Å². The number of nitro benzene ring substituents is 1. The van der Waals surface area contributed by atoms with Crippen molar-refractivity contribution in [1.29, 1.82) is 0 Å². The quantitative estimate of drug-likeness (QED) is 0.365. The van der Waals surface area contributed by atoms with Crippen molar-refractivity contribution in [3.05, 3.63) is 69.2 Å². The Morgan fingerprint density at radius 3 is 2.32 bits per heavy atom. The molecule has 0 aliphatic carbocycles. The Balaban J connectivity index is 2.45. The first-order valence-electron chi connectivity index (χ1n) is 10.5. The van der Waals surface area contributed by atoms with E-state index in [1.807, 2.05) is 0 Å². The zero-order chi connectivity index (χ0) is 25.5. The molecule has 0 saturated heterocycles. The third-order valence-corrected chi connectivity index (χ3v) is 6.40. The molecule has 12 heteroatoms. The second-order valence-corrected chi connectivity index (χ2v) is 9.86. The largest absolute Gasteiger partial charge is 0.355 e. The van der Waals surface area contributed by atoms with E-state index in [4.69, 9.17) is 11.6 Å². The Labute approximate surface area is 203 Å². The van der Waals surface area contributed by atoms with Crippen LogP contribution in [0.3, 0.4) is 0 Å². The van der Waals surface area contributed by atoms with Gasteiger partial charge in [-0.25, -0.2) is 8.42 Å². The van der Waals surface area contributed by atoms with Crippen molar-refractivity contribution in [2.75, 3.05) is 23.7 Å². The molecule has 184 valence electrons. The predicted octanol–water partition coefficient (Wildman–Crippen LogP) is 2.96. The molecular weight excluding hydrogens is 484 g/mol. The highest BCUT2D eigenvalue weighted by Crippen LogP contribution is 2.24. The van der Waals surface area contributed by atoms with Crippen LogP contribution in [0.15, 0.2) is 48.5 Å². The van der Waals surface area contributed by atoms with Crippen LogP contribution < -0.4 is 9.62 Å². The average Bonchev–Trinajstić information content (AvgIpc) is 2.78. The Morgan fingerprint density at radius 2 is 1.79 bits per heavy atom. The Hall–Kier alpha value is -3.18. The van der Waals surface area contributed by atoms with E-state index in [-0.39, 0.29) is 23.8 Å². The minimum Gasteiger partial charge on any atom is -0.355 e. The highest BCUT2D eigenvalue weighted by Gasteiger charge is 2.31. The number of non-ortho nitro benzene ring substituents is 1. The summed E-state index contributed by atoms with van der Waals surface area (Å²) >= 11 is 5.95. The molecule has 0 aromatic heterocycles. The van der Waals surface area contributed by atoms with E-state index in [9.17, 15) is 28.1 Å². The lowest BCUT2D eigenvalue weighted by Crippen LogP contribution is -2.52. The third kappa shape index (κ3) is 7.16. The standard InChI is InChI=1S/C22H27ClN4O6S/c1-4-20(22(29)24-5-2)25(14-16-9-11-17(23)12-10-16)21(28)15-26(34(3,32)33)18-7-6-8-19(13-18)27(30)31/h6-13,20H,4-5,14-15H2,1-3H3,(H,24,29)/t20-/m0/s1. The number of amides is 2. The van der Waals surface area contributed by atoms with Crippen molar-refractivity contribution in [1.82, 2.24) is 10.2 Å². The number of nitrogens with zero attached hydrogens (tertiary/aromatic N) is 3. The molecule has 0 spiro atoms. The number of nitro groups is 1. The van der Waals surface area contributed by atoms with Gasteiger partial charge in [0.15, 0.2) is 0 Å². The SMILES string of the molecule is CCNC(=O)[C@H](CC)N(Cc1ccc(Cl)cc1)C(=O)CN(c1cccc([N+](=O)[O-])c1)S(C)(=O)=O. The molecule has 2 aromatic carbocycles. The van der Waals surface area contributed by atoms with Crippen LogP contribution in [0.25, 0.3) is 0 Å². The highest BCUT2D eigenvalue weighted by atomic mass is 35.5. The Kier molecular flexibility index (Phi) is 9.39. The van der Waals surface area contributed by atoms with E-state index in [0.717, 1.165) is 16.6 Å². The molecule has 0 heterocycles. The fourth-order valence-corrected chi connectivity index (χ4v) is 4.34. The number of carbonyl (C=O) groups is 2. The number of likely N-dealkylation sites (N-methyl/N-ethyl adjacent to an activating group) is 1. The van der Waals surface area contributed by atoms with Gasteiger partial charge in [-0.3, -0.25) is 24.0 Å². The highest BCUT2D eigenvalue weighted by molar-refractivity contribution is 7.92. The maximum atomic E-state index is 13.5. The van der Waals surface area contributed by atoms with Gasteiger partial charge in [-0.15, -0.1) is 0 Å². The van der Waals surface area contributed by atoms with Gasteiger partial charge in [-0.1, -0.05) is 36.7 Å². The van der Waals surface area contributed by atoms with Crippen LogP contribution in [-0.2, 0) is 26.2 Å². The van der Waals surface area contributed by atoms with Crippen LogP contribution in [-0.4, -0.2) is 55.4 Å². The van der Waals surface area contributed by atoms with Gasteiger partial charge in [0, 0.05) is 30.2 Å². The summed E-state index contributed by atoms with van der Waals surface area (Å²) in [5.41, 5.74) is 0.356. The first-order valence-corrected chi connectivity index (χ1v) is 12.7. The molecule has 0 radical (unpaired) electrons. The molecule has 0 aliphatic rings. The van der Waals surface area contributed by atoms with Crippen molar-refractivity contribution in [3.63, 3.8) is 0 Å². The zero-order valence-corrected chi connectivity index (χ0v) is 20.7. The van der Waals surface area contributed by atoms with E-state index in [1.165, 1.54) is 23.1 Å². The van der Waals surface area contributed by atoms with E-state index < -0.39 is 33.4 Å². The van der Waals surface area contributed by atoms with Gasteiger partial charge >= 0.3 is 0 Å². The molecule has 0 unspecified atom stereocenters. The molecule has 0 saturated carbocycles. The number of benzene rings is 2. The molecule has 2 aromatic rings. The number of hydrogen-bond acceptors (Lipinski definition) is 6. The Morgan fingerprint density at radius 1 is 1.15 bits per heavy atom. The van der Waals surface area contributed by atoms with Gasteiger partial charge in [-0.05, 0) is 37.1 Å². The number of halogens is 1. The summed E-state index contributed by atoms with van der Waals surface area (Å²) in [6.07, 6.45) is 1.20. The van der Waals surface area contributed by atoms with Crippen LogP contribution in [0.1, 0.15) is 25.8 Å². The number of anilines is 1. The lowest BCUT2D eigenvalue weighted by molar-refractivity contribution is -0.384. The lowest BCUT2D eigenvalue weighted by atomic mass is 10.1. The fourth-order valence-electron chi connectivity index (χ4n) is 3.37. The lowest BCUT2D eigenvalue weighted by Gasteiger charge is -2.32. The number of sulfonamides is 1. The summed E-state index contributed by atoms with van der Waals surface area (Å²) in [6, 6.07) is 10.9. The number of nitrogens with one attached hydrogen (secondary N) is 1. The summed E-state index contributed by atoms with van der Waals surface area (Å²) in [5.74, 6) is -1.00. The van der Waals surface area contributed by atoms with Crippen LogP contribution in [0, 0.1) is 10.1 Å². The monoisotopic (exact) mass is 510 g/mol. The predicted molar refractivity (Wildman–Crippen MR) is 130 cm³/mol. The summed E-state index contributed by atoms with van der Waals surface area (Å²) in [6.45, 7) is 3.27. The number of hydrogen-bond donors (Lipinski definition) is 1. The van der Waals surface area contributed by atoms with Crippen molar-refractivity contribution in [2.45, 2.75) is 32.9 Å². The minimum absolute atomic E-state index is 0.0254. The molecule has 34 heavy (non-hydrogen) atoms. The molecule has 1 atom stereocenters. The third-order valence-electron chi connectivity index (χ3n) is 5.01. The normalized spacial score (nSPS) is 12.0. The van der Waals surface area contributed by atoms with Gasteiger partial charge in [-0.2, -0.15) is 0 Å². The summed E-state index contributed by atoms with van der Waals surface area (Å²) in [5, 5.41) is 14.4. The summed E-state index contributed by atoms with van der Waals surface area (Å²) in [7, 11) is -3.99. The van der Waals surface area contributed by atoms with Crippen molar-refractivity contribution in [3.8, 4) is 0 Å². The summed E-state index contributed by atoms with van der Waals surface area (Å²) in [4.78, 5) is 38.0. The van der Waals surface area contributed by atoms with Crippen molar-refractivity contribution < 1.29 is 22.9 Å². The summed E-state index contributed by atoms with van der Waals surface area (Å²) < 4.78 is 25.9. The van der Waals surface area contributed by atoms with E-state index in [0.29, 0.717) is 23.6 Å². The molecule has 0 bridgehead atoms. The molecule has 2 amide bonds. The number of rotatable bonds is 11. The topological polar surface area (TPSA) is 130 Å². The van der Waals surface area contributed by atoms with Gasteiger partial charge in [0.25, 0.3) is 5.69 Å². The van der Waals surface area contributed by atoms with Crippen molar-refractivity contribution in [2.24, 2.45) is 0 Å². The second-order valence-electron chi connectivity index (χ2n) is 7.51. The second kappa shape index (κ2) is 11.8. The molecular formula is C22H27ClN4O6S. The Bertz CT molecular complexity index is 1140. The van der Waals surface area contributed by atoms with E-state index >= 15 is 0 Å². The number of carbonyl (C=O) groups excluding carboxylic acids is 2. The molecule has 0 fully saturated rings. The van der Waals surface area contributed by atoms with Crippen LogP contribution in [0.4, 0.5) is 11.4 Å². The van der Waals surface area contributed by atoms with Gasteiger partial charge in [0.05, 0.1) is 16.9 Å². The zero-order valence-electron chi connectivity index (χ0n) is 19.1. The maximum absolute atomic E-state index is 13.5. The smallest absolute Gasteiger partial charge is 0.271 e. The van der Waals surface area contributed by atoms with E-state index in [2.05, 4.69) is 5.32 Å². The van der Waals surface area contributed by atoms with Crippen LogP contribution in [0.5, 0.6) is 0 Å². The molecule has 2 rings (SSSR count).